The minimum absolute atomic E-state index is 0.0967. The molecule has 2 amide bonds. The van der Waals surface area contributed by atoms with E-state index in [4.69, 9.17) is 114 Å². The first kappa shape index (κ1) is 87.2. The predicted molar refractivity (Wildman–Crippen MR) is 376 cm³/mol. The smallest absolute Gasteiger partial charge is 0.271 e. The largest absolute Gasteiger partial charge is 0.487 e. The van der Waals surface area contributed by atoms with Crippen LogP contribution in [0.5, 0.6) is 34.5 Å². The summed E-state index contributed by atoms with van der Waals surface area (Å²) >= 11 is 0. The van der Waals surface area contributed by atoms with Crippen molar-refractivity contribution in [2.75, 3.05) is 281 Å². The summed E-state index contributed by atoms with van der Waals surface area (Å²) in [4.78, 5) is 28.0. The van der Waals surface area contributed by atoms with E-state index in [9.17, 15) is 9.59 Å². The van der Waals surface area contributed by atoms with Crippen LogP contribution in [0.2, 0.25) is 0 Å². The van der Waals surface area contributed by atoms with Gasteiger partial charge in [-0.2, -0.15) is 10.2 Å². The van der Waals surface area contributed by atoms with Gasteiger partial charge >= 0.3 is 0 Å². The van der Waals surface area contributed by atoms with Crippen LogP contribution in [0.3, 0.4) is 0 Å². The maximum atomic E-state index is 14.0. The van der Waals surface area contributed by atoms with E-state index in [1.807, 2.05) is 48.5 Å². The van der Waals surface area contributed by atoms with Gasteiger partial charge in [0.15, 0.2) is 23.0 Å². The lowest BCUT2D eigenvalue weighted by molar-refractivity contribution is 0.0146. The summed E-state index contributed by atoms with van der Waals surface area (Å²) in [7, 11) is 9.63. The first-order valence-corrected chi connectivity index (χ1v) is 33.7. The van der Waals surface area contributed by atoms with E-state index in [0.29, 0.717) is 181 Å². The van der Waals surface area contributed by atoms with Gasteiger partial charge in [0.05, 0.1) is 211 Å². The van der Waals surface area contributed by atoms with Gasteiger partial charge in [0.2, 0.25) is 11.5 Å². The van der Waals surface area contributed by atoms with Crippen LogP contribution in [-0.2, 0) is 85.3 Å². The van der Waals surface area contributed by atoms with Crippen molar-refractivity contribution in [2.24, 2.45) is 10.2 Å². The monoisotopic (exact) mass is 1440 g/mol. The molecule has 570 valence electrons. The topological polar surface area (TPSA) is 304 Å². The molecule has 0 radical (unpaired) electrons. The fourth-order valence-corrected chi connectivity index (χ4v) is 8.18. The zero-order chi connectivity index (χ0) is 72.7. The molecular formula is C72H106N4O26. The van der Waals surface area contributed by atoms with Crippen molar-refractivity contribution in [2.45, 2.75) is 0 Å². The van der Waals surface area contributed by atoms with Gasteiger partial charge in [-0.25, -0.2) is 10.9 Å². The van der Waals surface area contributed by atoms with Gasteiger partial charge in [-0.1, -0.05) is 42.2 Å². The van der Waals surface area contributed by atoms with Crippen LogP contribution in [-0.4, -0.2) is 305 Å². The molecule has 0 saturated heterocycles. The van der Waals surface area contributed by atoms with Crippen molar-refractivity contribution < 1.29 is 123 Å². The number of amides is 2. The van der Waals surface area contributed by atoms with Crippen LogP contribution >= 0.6 is 0 Å². The van der Waals surface area contributed by atoms with Crippen LogP contribution in [0.4, 0.5) is 0 Å². The second-order valence-electron chi connectivity index (χ2n) is 20.9. The summed E-state index contributed by atoms with van der Waals surface area (Å²) in [5.41, 5.74) is 8.08. The molecule has 0 unspecified atom stereocenters. The van der Waals surface area contributed by atoms with Gasteiger partial charge < -0.3 is 114 Å². The van der Waals surface area contributed by atoms with Crippen LogP contribution < -0.4 is 39.3 Å². The van der Waals surface area contributed by atoms with Gasteiger partial charge in [-0.05, 0) is 48.0 Å². The number of hydrazone groups is 2. The number of hydrogen-bond donors (Lipinski definition) is 2. The average Bonchev–Trinajstić information content (AvgIpc) is 0.823. The minimum atomic E-state index is -0.575. The minimum Gasteiger partial charge on any atom is -0.487 e. The average molecular weight is 1440 g/mol. The number of benzene rings is 4. The molecule has 0 aromatic heterocycles. The number of carbonyl (C=O) groups is 2. The Hall–Kier alpha value is -7.20. The van der Waals surface area contributed by atoms with Crippen LogP contribution in [0.15, 0.2) is 83.0 Å². The van der Waals surface area contributed by atoms with E-state index in [1.165, 1.54) is 36.7 Å². The van der Waals surface area contributed by atoms with E-state index in [0.717, 1.165) is 0 Å². The van der Waals surface area contributed by atoms with Gasteiger partial charge in [-0.3, -0.25) is 9.59 Å². The lowest BCUT2D eigenvalue weighted by Crippen LogP contribution is -2.19. The van der Waals surface area contributed by atoms with Crippen molar-refractivity contribution in [3.8, 4) is 46.3 Å². The van der Waals surface area contributed by atoms with Crippen molar-refractivity contribution in [1.82, 2.24) is 10.9 Å². The summed E-state index contributed by atoms with van der Waals surface area (Å²) in [6.45, 7) is 11.6. The molecule has 4 aromatic rings. The number of rotatable bonds is 66. The van der Waals surface area contributed by atoms with Gasteiger partial charge in [0.25, 0.3) is 11.8 Å². The molecule has 0 atom stereocenters. The second kappa shape index (κ2) is 61.3. The molecule has 0 aliphatic rings. The lowest BCUT2D eigenvalue weighted by Gasteiger charge is -2.19. The van der Waals surface area contributed by atoms with Crippen LogP contribution in [0, 0.1) is 11.8 Å². The van der Waals surface area contributed by atoms with Crippen molar-refractivity contribution >= 4 is 24.2 Å². The number of nitrogens with one attached hydrogen (secondary N) is 2. The molecule has 0 saturated carbocycles. The number of ether oxygens (including phenoxy) is 24. The van der Waals surface area contributed by atoms with Gasteiger partial charge in [-0.15, -0.1) is 0 Å². The summed E-state index contributed by atoms with van der Waals surface area (Å²) in [5, 5.41) is 8.62. The third-order valence-electron chi connectivity index (χ3n) is 13.2. The summed E-state index contributed by atoms with van der Waals surface area (Å²) in [6, 6.07) is 20.8. The Kier molecular flexibility index (Phi) is 52.4. The van der Waals surface area contributed by atoms with E-state index in [-0.39, 0.29) is 125 Å². The molecule has 4 rings (SSSR count). The molecule has 0 aliphatic heterocycles. The zero-order valence-corrected chi connectivity index (χ0v) is 60.0. The standard InChI is InChI=1S/C72H106N4O26/c1-79-16-22-85-28-34-91-40-46-97-65-53-63(54-66(98-47-41-92-35-29-86-23-17-80-2)69(65)101-50-44-95-38-32-89-26-20-83-5)71(77)75-73-57-60-11-9-10-59(52-60)14-15-61-12-7-8-13-62(61)58-74-76-72(78)64-55-67(99-48-42-93-36-30-87-24-18-81-3)70(102-51-45-96-39-33-90-27-21-84-6)68(56-64)100-49-43-94-37-31-88-25-19-82-4/h7-13,52-58H,16-51H2,1-6H3,(H,75,77)(H,76,78)/b73-57-,74-58+. The van der Waals surface area contributed by atoms with Crippen LogP contribution in [0.25, 0.3) is 0 Å². The summed E-state index contributed by atoms with van der Waals surface area (Å²) in [6.07, 6.45) is 2.99. The number of nitrogens with zero attached hydrogens (tertiary/aromatic N) is 2. The number of hydrogen-bond acceptors (Lipinski definition) is 28. The lowest BCUT2D eigenvalue weighted by atomic mass is 10.1. The highest BCUT2D eigenvalue weighted by Crippen LogP contribution is 2.40. The SMILES string of the molecule is COCCOCCOCCOc1cc(C(=O)N/N=C\c2cccc(C#Cc3ccccc3/C=N/NC(=O)c3cc(OCCOCCOCCOC)c(OCCOCCOCCOC)c(OCCOCCOCCOC)c3)c2)cc(OCCOCCOCCOC)c1OCCOCCOCCOC. The van der Waals surface area contributed by atoms with Crippen molar-refractivity contribution in [1.29, 1.82) is 0 Å². The molecule has 2 N–H and O–H groups in total. The number of methoxy groups -OCH3 is 6. The third kappa shape index (κ3) is 41.8. The Bertz CT molecular complexity index is 2830. The Labute approximate surface area is 599 Å². The highest BCUT2D eigenvalue weighted by atomic mass is 16.6. The first-order chi connectivity index (χ1) is 50.3. The maximum absolute atomic E-state index is 14.0. The molecule has 4 aromatic carbocycles. The maximum Gasteiger partial charge on any atom is 0.271 e. The van der Waals surface area contributed by atoms with E-state index >= 15 is 0 Å². The number of carbonyl (C=O) groups excluding carboxylic acids is 2. The molecule has 30 heteroatoms. The molecular weight excluding hydrogens is 1340 g/mol. The van der Waals surface area contributed by atoms with Gasteiger partial charge in [0, 0.05) is 70.5 Å². The summed E-state index contributed by atoms with van der Waals surface area (Å²) in [5.74, 6) is 6.62. The fourth-order valence-electron chi connectivity index (χ4n) is 8.18. The Morgan fingerprint density at radius 2 is 0.598 bits per heavy atom. The molecule has 0 bridgehead atoms. The molecule has 0 aliphatic carbocycles. The second-order valence-corrected chi connectivity index (χ2v) is 20.9. The molecule has 30 nitrogen and oxygen atoms in total. The third-order valence-corrected chi connectivity index (χ3v) is 13.2. The predicted octanol–water partition coefficient (Wildman–Crippen LogP) is 4.96. The van der Waals surface area contributed by atoms with Crippen molar-refractivity contribution in [3.05, 3.63) is 106 Å². The first-order valence-electron chi connectivity index (χ1n) is 33.7. The highest BCUT2D eigenvalue weighted by molar-refractivity contribution is 5.97. The molecule has 0 fully saturated rings. The van der Waals surface area contributed by atoms with Crippen LogP contribution in [0.1, 0.15) is 43.0 Å². The van der Waals surface area contributed by atoms with E-state index in [1.54, 1.807) is 42.7 Å². The van der Waals surface area contributed by atoms with Crippen molar-refractivity contribution in [3.63, 3.8) is 0 Å². The molecule has 0 heterocycles. The quantitative estimate of drug-likeness (QED) is 0.0255. The Morgan fingerprint density at radius 1 is 0.314 bits per heavy atom. The normalized spacial score (nSPS) is 11.3. The fraction of sp³-hybridized carbons (Fsp3) is 0.583. The van der Waals surface area contributed by atoms with E-state index < -0.39 is 11.8 Å². The Balaban J connectivity index is 1.52. The Morgan fingerprint density at radius 3 is 0.922 bits per heavy atom. The van der Waals surface area contributed by atoms with Gasteiger partial charge in [0.1, 0.15) is 39.6 Å². The highest BCUT2D eigenvalue weighted by Gasteiger charge is 2.22. The molecule has 0 spiro atoms. The van der Waals surface area contributed by atoms with E-state index in [2.05, 4.69) is 32.9 Å². The summed E-state index contributed by atoms with van der Waals surface area (Å²) < 4.78 is 135. The molecule has 102 heavy (non-hydrogen) atoms. The zero-order valence-electron chi connectivity index (χ0n) is 60.0.